The van der Waals surface area contributed by atoms with Crippen LogP contribution in [0.1, 0.15) is 16.2 Å². The van der Waals surface area contributed by atoms with Crippen molar-refractivity contribution in [3.63, 3.8) is 0 Å². The molecule has 33 heavy (non-hydrogen) atoms. The van der Waals surface area contributed by atoms with Crippen molar-refractivity contribution in [2.24, 2.45) is 0 Å². The lowest BCUT2D eigenvalue weighted by Gasteiger charge is -2.08. The quantitative estimate of drug-likeness (QED) is 0.325. The minimum Gasteiger partial charge on any atom is -0.384 e. The van der Waals surface area contributed by atoms with Gasteiger partial charge in [0, 0.05) is 30.3 Å². The van der Waals surface area contributed by atoms with Gasteiger partial charge in [0.15, 0.2) is 11.5 Å². The molecule has 0 fully saturated rings. The number of carbonyl (C=O) groups excluding carboxylic acids is 1. The molecule has 0 bridgehead atoms. The number of aromatic amines is 1. The van der Waals surface area contributed by atoms with Crippen LogP contribution in [0.2, 0.25) is 0 Å². The van der Waals surface area contributed by atoms with E-state index in [1.165, 1.54) is 0 Å². The summed E-state index contributed by atoms with van der Waals surface area (Å²) in [6, 6.07) is 14.4. The number of rotatable bonds is 5. The maximum absolute atomic E-state index is 11.9. The van der Waals surface area contributed by atoms with Crippen LogP contribution < -0.4 is 16.4 Å². The first-order valence-corrected chi connectivity index (χ1v) is 10.1. The Balaban J connectivity index is 1.66. The van der Waals surface area contributed by atoms with Crippen LogP contribution in [0.5, 0.6) is 0 Å². The standard InChI is InChI=1S/C22H20N10O/c1-12-26-16(11-17(23)27-12)20-21(28-18-9-10-25-30-18)29-19-8-7-15(31-32(19)20)13-3-5-14(6-4-13)22(33)24-2/h3-11H,1-2H3,(H,24,33)(H2,23,26,27)(H2,25,28,30). The van der Waals surface area contributed by atoms with Crippen LogP contribution in [0.3, 0.4) is 0 Å². The number of nitrogen functional groups attached to an aromatic ring is 1. The molecule has 11 nitrogen and oxygen atoms in total. The van der Waals surface area contributed by atoms with E-state index in [1.807, 2.05) is 24.3 Å². The zero-order valence-electron chi connectivity index (χ0n) is 17.9. The first-order valence-electron chi connectivity index (χ1n) is 10.1. The minimum absolute atomic E-state index is 0.145. The lowest BCUT2D eigenvalue weighted by Crippen LogP contribution is -2.17. The second-order valence-electron chi connectivity index (χ2n) is 7.27. The molecule has 0 atom stereocenters. The number of carbonyl (C=O) groups is 1. The second kappa shape index (κ2) is 8.04. The maximum Gasteiger partial charge on any atom is 0.251 e. The minimum atomic E-state index is -0.145. The number of H-pyrrole nitrogens is 1. The van der Waals surface area contributed by atoms with Gasteiger partial charge in [0.2, 0.25) is 0 Å². The number of nitrogens with two attached hydrogens (primary N) is 1. The maximum atomic E-state index is 11.9. The summed E-state index contributed by atoms with van der Waals surface area (Å²) in [6.45, 7) is 1.78. The molecule has 1 amide bonds. The summed E-state index contributed by atoms with van der Waals surface area (Å²) < 4.78 is 1.71. The predicted molar refractivity (Wildman–Crippen MR) is 124 cm³/mol. The number of imidazole rings is 1. The highest BCUT2D eigenvalue weighted by Gasteiger charge is 2.19. The van der Waals surface area contributed by atoms with Gasteiger partial charge in [-0.3, -0.25) is 9.89 Å². The van der Waals surface area contributed by atoms with E-state index in [4.69, 9.17) is 15.8 Å². The Morgan fingerprint density at radius 1 is 1.03 bits per heavy atom. The predicted octanol–water partition coefficient (Wildman–Crippen LogP) is 2.57. The zero-order valence-corrected chi connectivity index (χ0v) is 17.9. The monoisotopic (exact) mass is 440 g/mol. The largest absolute Gasteiger partial charge is 0.384 e. The smallest absolute Gasteiger partial charge is 0.251 e. The van der Waals surface area contributed by atoms with Gasteiger partial charge < -0.3 is 16.4 Å². The molecule has 5 N–H and O–H groups in total. The molecule has 11 heteroatoms. The third kappa shape index (κ3) is 3.82. The van der Waals surface area contributed by atoms with Crippen molar-refractivity contribution in [2.45, 2.75) is 6.92 Å². The molecule has 5 rings (SSSR count). The Hall–Kier alpha value is -4.80. The fourth-order valence-electron chi connectivity index (χ4n) is 3.51. The van der Waals surface area contributed by atoms with E-state index < -0.39 is 0 Å². The van der Waals surface area contributed by atoms with Gasteiger partial charge in [-0.15, -0.1) is 0 Å². The van der Waals surface area contributed by atoms with Gasteiger partial charge >= 0.3 is 0 Å². The average Bonchev–Trinajstić information content (AvgIpc) is 3.45. The van der Waals surface area contributed by atoms with E-state index in [-0.39, 0.29) is 5.91 Å². The van der Waals surface area contributed by atoms with Crippen molar-refractivity contribution in [2.75, 3.05) is 18.1 Å². The SMILES string of the molecule is CNC(=O)c1ccc(-c2ccc3nc(Nc4ccn[nH]4)c(-c4cc(N)nc(C)n4)n3n2)cc1. The van der Waals surface area contributed by atoms with Crippen molar-refractivity contribution in [1.82, 2.24) is 40.1 Å². The summed E-state index contributed by atoms with van der Waals surface area (Å²) in [5.74, 6) is 1.95. The lowest BCUT2D eigenvalue weighted by atomic mass is 10.1. The number of anilines is 3. The van der Waals surface area contributed by atoms with E-state index in [0.717, 1.165) is 5.56 Å². The number of hydrogen-bond acceptors (Lipinski definition) is 8. The number of amides is 1. The number of nitrogens with zero attached hydrogens (tertiary/aromatic N) is 6. The van der Waals surface area contributed by atoms with Gasteiger partial charge in [-0.1, -0.05) is 12.1 Å². The molecule has 4 aromatic heterocycles. The van der Waals surface area contributed by atoms with Crippen molar-refractivity contribution < 1.29 is 4.79 Å². The Kier molecular flexibility index (Phi) is 4.90. The van der Waals surface area contributed by atoms with E-state index >= 15 is 0 Å². The Labute approximate surface area is 188 Å². The molecule has 0 spiro atoms. The topological polar surface area (TPSA) is 152 Å². The van der Waals surface area contributed by atoms with Crippen LogP contribution >= 0.6 is 0 Å². The van der Waals surface area contributed by atoms with Crippen LogP contribution in [0.25, 0.3) is 28.3 Å². The van der Waals surface area contributed by atoms with Gasteiger partial charge in [-0.2, -0.15) is 10.2 Å². The molecular formula is C22H20N10O. The molecule has 0 saturated carbocycles. The molecule has 0 aliphatic carbocycles. The number of nitrogens with one attached hydrogen (secondary N) is 3. The third-order valence-electron chi connectivity index (χ3n) is 5.00. The highest BCUT2D eigenvalue weighted by atomic mass is 16.1. The van der Waals surface area contributed by atoms with Gasteiger partial charge in [0.1, 0.15) is 23.2 Å². The summed E-state index contributed by atoms with van der Waals surface area (Å²) >= 11 is 0. The Bertz CT molecular complexity index is 1430. The Morgan fingerprint density at radius 3 is 2.55 bits per heavy atom. The molecule has 0 saturated heterocycles. The van der Waals surface area contributed by atoms with Gasteiger partial charge in [-0.25, -0.2) is 19.5 Å². The molecule has 164 valence electrons. The summed E-state index contributed by atoms with van der Waals surface area (Å²) in [4.78, 5) is 25.3. The molecule has 1 aromatic carbocycles. The van der Waals surface area contributed by atoms with Crippen LogP contribution in [0.15, 0.2) is 54.7 Å². The molecule has 0 radical (unpaired) electrons. The number of fused-ring (bicyclic) bond motifs is 1. The van der Waals surface area contributed by atoms with Crippen molar-refractivity contribution in [3.8, 4) is 22.6 Å². The second-order valence-corrected chi connectivity index (χ2v) is 7.27. The van der Waals surface area contributed by atoms with E-state index in [0.29, 0.717) is 51.6 Å². The molecular weight excluding hydrogens is 420 g/mol. The number of hydrogen-bond donors (Lipinski definition) is 4. The fraction of sp³-hybridized carbons (Fsp3) is 0.0909. The number of aryl methyl sites for hydroxylation is 1. The van der Waals surface area contributed by atoms with Gasteiger partial charge in [-0.05, 0) is 31.2 Å². The summed E-state index contributed by atoms with van der Waals surface area (Å²) in [7, 11) is 1.60. The van der Waals surface area contributed by atoms with Crippen LogP contribution in [-0.4, -0.2) is 47.7 Å². The first kappa shape index (κ1) is 20.1. The molecule has 0 aliphatic heterocycles. The first-order chi connectivity index (χ1) is 16.0. The van der Waals surface area contributed by atoms with Crippen LogP contribution in [0.4, 0.5) is 17.5 Å². The van der Waals surface area contributed by atoms with E-state index in [2.05, 4.69) is 30.8 Å². The number of aromatic nitrogens is 7. The molecule has 4 heterocycles. The van der Waals surface area contributed by atoms with Crippen LogP contribution in [0, 0.1) is 6.92 Å². The highest BCUT2D eigenvalue weighted by molar-refractivity contribution is 5.94. The average molecular weight is 440 g/mol. The normalized spacial score (nSPS) is 11.0. The van der Waals surface area contributed by atoms with Gasteiger partial charge in [0.05, 0.1) is 17.6 Å². The van der Waals surface area contributed by atoms with Crippen molar-refractivity contribution in [1.29, 1.82) is 0 Å². The molecule has 0 aliphatic rings. The molecule has 5 aromatic rings. The zero-order chi connectivity index (χ0) is 22.9. The van der Waals surface area contributed by atoms with E-state index in [9.17, 15) is 4.79 Å². The third-order valence-corrected chi connectivity index (χ3v) is 5.00. The van der Waals surface area contributed by atoms with Crippen LogP contribution in [-0.2, 0) is 0 Å². The van der Waals surface area contributed by atoms with Crippen molar-refractivity contribution >= 4 is 29.0 Å². The fourth-order valence-corrected chi connectivity index (χ4v) is 3.51. The molecule has 0 unspecified atom stereocenters. The van der Waals surface area contributed by atoms with Gasteiger partial charge in [0.25, 0.3) is 5.91 Å². The lowest BCUT2D eigenvalue weighted by molar-refractivity contribution is 0.0963. The summed E-state index contributed by atoms with van der Waals surface area (Å²) in [6.07, 6.45) is 1.64. The highest BCUT2D eigenvalue weighted by Crippen LogP contribution is 2.31. The van der Waals surface area contributed by atoms with E-state index in [1.54, 1.807) is 48.9 Å². The number of benzene rings is 1. The summed E-state index contributed by atoms with van der Waals surface area (Å²) in [5, 5.41) is 17.5. The Morgan fingerprint density at radius 2 is 1.85 bits per heavy atom. The summed E-state index contributed by atoms with van der Waals surface area (Å²) in [5.41, 5.74) is 9.95. The van der Waals surface area contributed by atoms with Crippen molar-refractivity contribution in [3.05, 3.63) is 66.1 Å².